The number of nitrogens with two attached hydrogens (primary N) is 1. The molecule has 25 heavy (non-hydrogen) atoms. The van der Waals surface area contributed by atoms with Crippen LogP contribution in [0, 0.1) is 0 Å². The molecule has 0 fully saturated rings. The van der Waals surface area contributed by atoms with Crippen molar-refractivity contribution in [3.8, 4) is 12.0 Å². The van der Waals surface area contributed by atoms with Gasteiger partial charge in [-0.2, -0.15) is 28.1 Å². The fraction of sp³-hybridized carbons (Fsp3) is 0.500. The van der Waals surface area contributed by atoms with Crippen molar-refractivity contribution in [2.75, 3.05) is 26.6 Å². The quantitative estimate of drug-likeness (QED) is 0.772. The molecule has 2 aromatic rings. The van der Waals surface area contributed by atoms with E-state index in [1.165, 1.54) is 7.11 Å². The van der Waals surface area contributed by atoms with Crippen molar-refractivity contribution >= 4 is 23.0 Å². The van der Waals surface area contributed by atoms with Crippen molar-refractivity contribution in [1.82, 2.24) is 19.7 Å². The molecule has 0 amide bonds. The Morgan fingerprint density at radius 3 is 2.52 bits per heavy atom. The molecule has 10 nitrogen and oxygen atoms in total. The Labute approximate surface area is 138 Å². The first-order valence-electron chi connectivity index (χ1n) is 6.72. The lowest BCUT2D eigenvalue weighted by atomic mass is 10.4. The summed E-state index contributed by atoms with van der Waals surface area (Å²) in [6.45, 7) is 1.85. The van der Waals surface area contributed by atoms with Gasteiger partial charge in [0.05, 0.1) is 13.7 Å². The number of nitrogen functional groups attached to an aromatic ring is 1. The van der Waals surface area contributed by atoms with Gasteiger partial charge in [0.1, 0.15) is 6.10 Å². The van der Waals surface area contributed by atoms with E-state index in [4.69, 9.17) is 19.9 Å². The highest BCUT2D eigenvalue weighted by atomic mass is 19.4. The molecule has 2 heterocycles. The van der Waals surface area contributed by atoms with Gasteiger partial charge in [0.2, 0.25) is 5.65 Å². The third-order valence-corrected chi connectivity index (χ3v) is 2.74. The second-order valence-electron chi connectivity index (χ2n) is 4.72. The maximum Gasteiger partial charge on any atom is 0.493 e. The zero-order valence-corrected chi connectivity index (χ0v) is 13.3. The summed E-state index contributed by atoms with van der Waals surface area (Å²) in [6, 6.07) is -0.739. The predicted molar refractivity (Wildman–Crippen MR) is 75.9 cm³/mol. The third-order valence-electron chi connectivity index (χ3n) is 2.74. The average molecular weight is 365 g/mol. The van der Waals surface area contributed by atoms with E-state index >= 15 is 0 Å². The minimum absolute atomic E-state index is 0.126. The van der Waals surface area contributed by atoms with Crippen LogP contribution in [0.2, 0.25) is 0 Å². The van der Waals surface area contributed by atoms with Gasteiger partial charge in [0.25, 0.3) is 0 Å². The van der Waals surface area contributed by atoms with E-state index in [9.17, 15) is 18.0 Å². The smallest absolute Gasteiger partial charge is 0.466 e. The molecule has 0 spiro atoms. The highest BCUT2D eigenvalue weighted by molar-refractivity contribution is 5.84. The van der Waals surface area contributed by atoms with Crippen LogP contribution < -0.4 is 20.0 Å². The molecule has 0 radical (unpaired) electrons. The van der Waals surface area contributed by atoms with Crippen LogP contribution >= 0.6 is 0 Å². The molecule has 2 rings (SSSR count). The fourth-order valence-corrected chi connectivity index (χ4v) is 1.77. The Bertz CT molecular complexity index is 779. The summed E-state index contributed by atoms with van der Waals surface area (Å²) in [5.74, 6) is -2.69. The topological polar surface area (TPSA) is 124 Å². The molecule has 2 N–H and O–H groups in total. The van der Waals surface area contributed by atoms with E-state index in [0.717, 1.165) is 7.11 Å². The fourth-order valence-electron chi connectivity index (χ4n) is 1.77. The molecule has 0 aliphatic rings. The van der Waals surface area contributed by atoms with E-state index in [1.807, 2.05) is 0 Å². The van der Waals surface area contributed by atoms with Crippen LogP contribution in [0.25, 0.3) is 11.2 Å². The van der Waals surface area contributed by atoms with Gasteiger partial charge in [0.15, 0.2) is 11.3 Å². The molecule has 138 valence electrons. The Morgan fingerprint density at radius 2 is 1.96 bits per heavy atom. The lowest BCUT2D eigenvalue weighted by Gasteiger charge is -2.12. The molecular weight excluding hydrogens is 351 g/mol. The van der Waals surface area contributed by atoms with E-state index in [0.29, 0.717) is 4.73 Å². The Hall–Kier alpha value is -2.83. The molecule has 0 bridgehead atoms. The van der Waals surface area contributed by atoms with Gasteiger partial charge in [-0.1, -0.05) is 4.73 Å². The summed E-state index contributed by atoms with van der Waals surface area (Å²) in [4.78, 5) is 26.9. The van der Waals surface area contributed by atoms with Gasteiger partial charge in [0, 0.05) is 7.11 Å². The van der Waals surface area contributed by atoms with Crippen LogP contribution in [0.3, 0.4) is 0 Å². The second-order valence-corrected chi connectivity index (χ2v) is 4.72. The highest BCUT2D eigenvalue weighted by Gasteiger charge is 2.43. The standard InChI is InChI=1S/C12H14F3N5O5/c1-5(4-22-2)24-10-18-7(16)6-8(19-10)20(11(17-6)23-3)25-9(21)12(13,14)15/h5H,4H2,1-3H3,(H2,16,18,19). The summed E-state index contributed by atoms with van der Waals surface area (Å²) in [5, 5.41) is 0. The van der Waals surface area contributed by atoms with Gasteiger partial charge < -0.3 is 24.8 Å². The van der Waals surface area contributed by atoms with Crippen molar-refractivity contribution in [1.29, 1.82) is 0 Å². The van der Waals surface area contributed by atoms with Gasteiger partial charge in [-0.3, -0.25) is 0 Å². The van der Waals surface area contributed by atoms with Crippen LogP contribution in [0.15, 0.2) is 0 Å². The van der Waals surface area contributed by atoms with E-state index in [2.05, 4.69) is 19.8 Å². The average Bonchev–Trinajstić information content (AvgIpc) is 2.85. The zero-order valence-electron chi connectivity index (χ0n) is 13.3. The van der Waals surface area contributed by atoms with Crippen molar-refractivity contribution in [3.05, 3.63) is 0 Å². The highest BCUT2D eigenvalue weighted by Crippen LogP contribution is 2.26. The largest absolute Gasteiger partial charge is 0.493 e. The molecule has 0 aliphatic carbocycles. The monoisotopic (exact) mass is 365 g/mol. The molecule has 0 saturated carbocycles. The molecule has 13 heteroatoms. The normalized spacial score (nSPS) is 12.9. The summed E-state index contributed by atoms with van der Waals surface area (Å²) < 4.78 is 52.7. The molecule has 1 atom stereocenters. The number of hydrogen-bond acceptors (Lipinski definition) is 9. The number of alkyl halides is 3. The summed E-state index contributed by atoms with van der Waals surface area (Å²) in [6.07, 6.45) is -5.70. The molecular formula is C12H14F3N5O5. The Balaban J connectivity index is 2.48. The SMILES string of the molecule is COCC(C)Oc1nc(N)c2nc(OC)n(OC(=O)C(F)(F)F)c2n1. The van der Waals surface area contributed by atoms with Crippen molar-refractivity contribution in [2.45, 2.75) is 19.2 Å². The number of aromatic nitrogens is 4. The van der Waals surface area contributed by atoms with Crippen LogP contribution in [0.4, 0.5) is 19.0 Å². The van der Waals surface area contributed by atoms with Gasteiger partial charge in [-0.05, 0) is 6.92 Å². The first-order chi connectivity index (χ1) is 11.7. The summed E-state index contributed by atoms with van der Waals surface area (Å²) >= 11 is 0. The number of fused-ring (bicyclic) bond motifs is 1. The van der Waals surface area contributed by atoms with Crippen molar-refractivity contribution in [3.63, 3.8) is 0 Å². The summed E-state index contributed by atoms with van der Waals surface area (Å²) in [7, 11) is 2.57. The number of nitrogens with zero attached hydrogens (tertiary/aromatic N) is 4. The van der Waals surface area contributed by atoms with Crippen LogP contribution in [0.5, 0.6) is 12.0 Å². The molecule has 0 aromatic carbocycles. The Morgan fingerprint density at radius 1 is 1.28 bits per heavy atom. The van der Waals surface area contributed by atoms with E-state index in [1.54, 1.807) is 6.92 Å². The predicted octanol–water partition coefficient (Wildman–Crippen LogP) is 0.348. The van der Waals surface area contributed by atoms with Gasteiger partial charge in [-0.15, -0.1) is 0 Å². The number of methoxy groups -OCH3 is 2. The van der Waals surface area contributed by atoms with Gasteiger partial charge >= 0.3 is 24.2 Å². The first-order valence-corrected chi connectivity index (χ1v) is 6.72. The molecule has 2 aromatic heterocycles. The third kappa shape index (κ3) is 3.99. The number of carbonyl (C=O) groups excluding carboxylic acids is 1. The van der Waals surface area contributed by atoms with Crippen LogP contribution in [-0.4, -0.2) is 58.8 Å². The number of halogens is 3. The summed E-state index contributed by atoms with van der Waals surface area (Å²) in [5.41, 5.74) is 5.25. The Kier molecular flexibility index (Phi) is 5.15. The first kappa shape index (κ1) is 18.5. The lowest BCUT2D eigenvalue weighted by Crippen LogP contribution is -2.33. The van der Waals surface area contributed by atoms with E-state index < -0.39 is 24.3 Å². The van der Waals surface area contributed by atoms with Crippen molar-refractivity contribution < 1.29 is 37.0 Å². The molecule has 0 aliphatic heterocycles. The minimum atomic E-state index is -5.23. The molecule has 1 unspecified atom stereocenters. The number of rotatable bonds is 6. The van der Waals surface area contributed by atoms with E-state index in [-0.39, 0.29) is 29.6 Å². The zero-order chi connectivity index (χ0) is 18.8. The molecule has 0 saturated heterocycles. The maximum atomic E-state index is 12.4. The minimum Gasteiger partial charge on any atom is -0.466 e. The number of anilines is 1. The van der Waals surface area contributed by atoms with Crippen LogP contribution in [-0.2, 0) is 9.53 Å². The van der Waals surface area contributed by atoms with Crippen LogP contribution in [0.1, 0.15) is 6.92 Å². The second kappa shape index (κ2) is 6.96. The van der Waals surface area contributed by atoms with Gasteiger partial charge in [-0.25, -0.2) is 4.79 Å². The van der Waals surface area contributed by atoms with Crippen molar-refractivity contribution in [2.24, 2.45) is 0 Å². The number of carbonyl (C=O) groups is 1. The lowest BCUT2D eigenvalue weighted by molar-refractivity contribution is -0.199. The number of hydrogen-bond donors (Lipinski definition) is 1. The maximum absolute atomic E-state index is 12.4. The number of ether oxygens (including phenoxy) is 3. The number of imidazole rings is 1.